The molecular weight excluding hydrogens is 214 g/mol. The number of rotatable bonds is 7. The predicted molar refractivity (Wildman–Crippen MR) is 54.7 cm³/mol. The monoisotopic (exact) mass is 229 g/mol. The zero-order valence-corrected chi connectivity index (χ0v) is 9.32. The summed E-state index contributed by atoms with van der Waals surface area (Å²) in [5.74, 6) is 0.278. The largest absolute Gasteiger partial charge is 0.463 e. The fourth-order valence-corrected chi connectivity index (χ4v) is 1.00. The van der Waals surface area contributed by atoms with Crippen molar-refractivity contribution in [3.05, 3.63) is 23.7 Å². The lowest BCUT2D eigenvalue weighted by Gasteiger charge is -2.02. The molecule has 1 aromatic rings. The van der Waals surface area contributed by atoms with E-state index in [-0.39, 0.29) is 5.76 Å². The van der Waals surface area contributed by atoms with Crippen LogP contribution in [0.1, 0.15) is 16.3 Å². The van der Waals surface area contributed by atoms with Crippen molar-refractivity contribution in [1.82, 2.24) is 5.48 Å². The molecule has 0 atom stereocenters. The van der Waals surface area contributed by atoms with Crippen LogP contribution in [0, 0.1) is 0 Å². The second-order valence-corrected chi connectivity index (χ2v) is 2.92. The van der Waals surface area contributed by atoms with E-state index in [0.29, 0.717) is 25.5 Å². The number of carbonyl (C=O) groups is 1. The summed E-state index contributed by atoms with van der Waals surface area (Å²) >= 11 is 0. The third-order valence-electron chi connectivity index (χ3n) is 1.79. The molecule has 0 aliphatic carbocycles. The van der Waals surface area contributed by atoms with E-state index < -0.39 is 5.97 Å². The number of esters is 1. The first kappa shape index (κ1) is 12.7. The predicted octanol–water partition coefficient (Wildman–Crippen LogP) is 0.734. The number of nitrogens with one attached hydrogen (secondary N) is 1. The highest BCUT2D eigenvalue weighted by Gasteiger charge is 2.10. The Bertz CT molecular complexity index is 323. The van der Waals surface area contributed by atoms with Gasteiger partial charge in [-0.1, -0.05) is 0 Å². The lowest BCUT2D eigenvalue weighted by molar-refractivity contribution is 0.000801. The lowest BCUT2D eigenvalue weighted by atomic mass is 10.4. The van der Waals surface area contributed by atoms with Gasteiger partial charge in [0.25, 0.3) is 0 Å². The van der Waals surface area contributed by atoms with Crippen LogP contribution in [0.2, 0.25) is 0 Å². The first-order valence-electron chi connectivity index (χ1n) is 4.78. The van der Waals surface area contributed by atoms with E-state index in [1.807, 2.05) is 0 Å². The van der Waals surface area contributed by atoms with Gasteiger partial charge in [0.2, 0.25) is 5.76 Å². The topological polar surface area (TPSA) is 69.9 Å². The summed E-state index contributed by atoms with van der Waals surface area (Å²) in [7, 11) is 2.90. The van der Waals surface area contributed by atoms with Crippen LogP contribution in [0.15, 0.2) is 16.5 Å². The highest BCUT2D eigenvalue weighted by atomic mass is 16.7. The van der Waals surface area contributed by atoms with Crippen molar-refractivity contribution < 1.29 is 23.5 Å². The number of carbonyl (C=O) groups excluding carboxylic acids is 1. The smallest absolute Gasteiger partial charge is 0.373 e. The average Bonchev–Trinajstić information content (AvgIpc) is 2.76. The van der Waals surface area contributed by atoms with Gasteiger partial charge in [-0.25, -0.2) is 4.79 Å². The van der Waals surface area contributed by atoms with Gasteiger partial charge < -0.3 is 13.9 Å². The molecule has 0 spiro atoms. The summed E-state index contributed by atoms with van der Waals surface area (Å²) in [5, 5.41) is 0. The van der Waals surface area contributed by atoms with Gasteiger partial charge in [0.15, 0.2) is 0 Å². The van der Waals surface area contributed by atoms with Crippen molar-refractivity contribution in [2.45, 2.75) is 6.54 Å². The third kappa shape index (κ3) is 4.01. The minimum Gasteiger partial charge on any atom is -0.463 e. The number of methoxy groups -OCH3 is 2. The molecule has 1 heterocycles. The molecule has 0 unspecified atom stereocenters. The number of furan rings is 1. The highest BCUT2D eigenvalue weighted by molar-refractivity contribution is 5.86. The summed E-state index contributed by atoms with van der Waals surface area (Å²) in [6.07, 6.45) is 0. The molecule has 6 heteroatoms. The Balaban J connectivity index is 2.27. The molecule has 0 radical (unpaired) electrons. The van der Waals surface area contributed by atoms with Gasteiger partial charge in [0, 0.05) is 7.11 Å². The summed E-state index contributed by atoms with van der Waals surface area (Å²) in [4.78, 5) is 16.1. The molecule has 0 fully saturated rings. The van der Waals surface area contributed by atoms with E-state index in [1.165, 1.54) is 7.11 Å². The summed E-state index contributed by atoms with van der Waals surface area (Å²) in [6.45, 7) is 1.33. The van der Waals surface area contributed by atoms with Crippen molar-refractivity contribution in [2.75, 3.05) is 27.4 Å². The molecule has 0 saturated carbocycles. The molecule has 0 aliphatic rings. The van der Waals surface area contributed by atoms with E-state index in [4.69, 9.17) is 14.0 Å². The summed E-state index contributed by atoms with van der Waals surface area (Å²) in [5.41, 5.74) is 2.68. The Morgan fingerprint density at radius 3 is 2.88 bits per heavy atom. The molecule has 1 rings (SSSR count). The Morgan fingerprint density at radius 2 is 2.19 bits per heavy atom. The van der Waals surface area contributed by atoms with Crippen LogP contribution in [0.4, 0.5) is 0 Å². The van der Waals surface area contributed by atoms with Crippen molar-refractivity contribution >= 4 is 5.97 Å². The van der Waals surface area contributed by atoms with E-state index in [2.05, 4.69) is 10.2 Å². The molecule has 0 saturated heterocycles. The van der Waals surface area contributed by atoms with Gasteiger partial charge >= 0.3 is 5.97 Å². The zero-order valence-electron chi connectivity index (χ0n) is 9.32. The van der Waals surface area contributed by atoms with E-state index >= 15 is 0 Å². The number of hydroxylamine groups is 1. The number of hydrogen-bond donors (Lipinski definition) is 1. The van der Waals surface area contributed by atoms with Gasteiger partial charge in [0.1, 0.15) is 5.76 Å². The first-order valence-corrected chi connectivity index (χ1v) is 4.78. The Hall–Kier alpha value is -1.37. The molecule has 1 aromatic heterocycles. The molecule has 1 N–H and O–H groups in total. The molecule has 6 nitrogen and oxygen atoms in total. The molecule has 0 aliphatic heterocycles. The Morgan fingerprint density at radius 1 is 1.38 bits per heavy atom. The van der Waals surface area contributed by atoms with Gasteiger partial charge in [-0.05, 0) is 12.1 Å². The fraction of sp³-hybridized carbons (Fsp3) is 0.500. The SMILES string of the molecule is COCCONCc1ccc(C(=O)OC)o1. The van der Waals surface area contributed by atoms with E-state index in [1.54, 1.807) is 19.2 Å². The maximum atomic E-state index is 11.1. The Kier molecular flexibility index (Phi) is 5.55. The second-order valence-electron chi connectivity index (χ2n) is 2.92. The third-order valence-corrected chi connectivity index (χ3v) is 1.79. The van der Waals surface area contributed by atoms with Crippen LogP contribution in [0.25, 0.3) is 0 Å². The zero-order chi connectivity index (χ0) is 11.8. The maximum absolute atomic E-state index is 11.1. The molecule has 16 heavy (non-hydrogen) atoms. The average molecular weight is 229 g/mol. The van der Waals surface area contributed by atoms with Crippen LogP contribution < -0.4 is 5.48 Å². The van der Waals surface area contributed by atoms with E-state index in [9.17, 15) is 4.79 Å². The van der Waals surface area contributed by atoms with Gasteiger partial charge in [0.05, 0.1) is 26.9 Å². The molecule has 0 amide bonds. The molecule has 0 aromatic carbocycles. The van der Waals surface area contributed by atoms with Gasteiger partial charge in [-0.15, -0.1) is 0 Å². The van der Waals surface area contributed by atoms with Crippen LogP contribution in [-0.2, 0) is 20.9 Å². The highest BCUT2D eigenvalue weighted by Crippen LogP contribution is 2.08. The lowest BCUT2D eigenvalue weighted by Crippen LogP contribution is -2.16. The minimum atomic E-state index is -0.494. The van der Waals surface area contributed by atoms with Crippen molar-refractivity contribution in [3.8, 4) is 0 Å². The van der Waals surface area contributed by atoms with Crippen molar-refractivity contribution in [3.63, 3.8) is 0 Å². The summed E-state index contributed by atoms with van der Waals surface area (Å²) in [6, 6.07) is 3.23. The van der Waals surface area contributed by atoms with Crippen LogP contribution in [0.5, 0.6) is 0 Å². The maximum Gasteiger partial charge on any atom is 0.373 e. The second kappa shape index (κ2) is 7.00. The molecule has 90 valence electrons. The quantitative estimate of drug-likeness (QED) is 0.422. The number of ether oxygens (including phenoxy) is 2. The first-order chi connectivity index (χ1) is 7.77. The minimum absolute atomic E-state index is 0.177. The van der Waals surface area contributed by atoms with Crippen LogP contribution in [0.3, 0.4) is 0 Å². The molecule has 0 bridgehead atoms. The van der Waals surface area contributed by atoms with Gasteiger partial charge in [-0.2, -0.15) is 5.48 Å². The van der Waals surface area contributed by atoms with Gasteiger partial charge in [-0.3, -0.25) is 4.84 Å². The van der Waals surface area contributed by atoms with Crippen LogP contribution in [-0.4, -0.2) is 33.4 Å². The summed E-state index contributed by atoms with van der Waals surface area (Å²) < 4.78 is 14.5. The normalized spacial score (nSPS) is 10.4. The Labute approximate surface area is 93.4 Å². The van der Waals surface area contributed by atoms with Crippen LogP contribution >= 0.6 is 0 Å². The number of hydrogen-bond acceptors (Lipinski definition) is 6. The standard InChI is InChI=1S/C10H15NO5/c1-13-5-6-15-11-7-8-3-4-9(16-8)10(12)14-2/h3-4,11H,5-7H2,1-2H3. The molecular formula is C10H15NO5. The van der Waals surface area contributed by atoms with Crippen molar-refractivity contribution in [2.24, 2.45) is 0 Å². The van der Waals surface area contributed by atoms with Crippen molar-refractivity contribution in [1.29, 1.82) is 0 Å². The van der Waals surface area contributed by atoms with E-state index in [0.717, 1.165) is 0 Å². The fourth-order valence-electron chi connectivity index (χ4n) is 1.00.